The molecule has 5 heteroatoms. The highest BCUT2D eigenvalue weighted by Gasteiger charge is 2.12. The van der Waals surface area contributed by atoms with Crippen molar-refractivity contribution in [3.05, 3.63) is 66.5 Å². The first kappa shape index (κ1) is 15.4. The Morgan fingerprint density at radius 3 is 2.36 bits per heavy atom. The normalized spacial score (nSPS) is 13.8. The van der Waals surface area contributed by atoms with Crippen molar-refractivity contribution >= 4 is 17.3 Å². The average molecular weight is 332 g/mol. The Kier molecular flexibility index (Phi) is 4.21. The van der Waals surface area contributed by atoms with Crippen LogP contribution in [0.25, 0.3) is 11.4 Å². The molecule has 0 atom stereocenters. The zero-order valence-electron chi connectivity index (χ0n) is 13.9. The summed E-state index contributed by atoms with van der Waals surface area (Å²) in [6.45, 7) is 2.24. The van der Waals surface area contributed by atoms with Crippen LogP contribution < -0.4 is 10.2 Å². The summed E-state index contributed by atoms with van der Waals surface area (Å²) in [5.41, 5.74) is 3.61. The largest absolute Gasteiger partial charge is 0.372 e. The van der Waals surface area contributed by atoms with Crippen LogP contribution >= 0.6 is 0 Å². The molecule has 25 heavy (non-hydrogen) atoms. The first-order valence-corrected chi connectivity index (χ1v) is 8.56. The van der Waals surface area contributed by atoms with Crippen LogP contribution in [0.5, 0.6) is 0 Å². The summed E-state index contributed by atoms with van der Waals surface area (Å²) in [6, 6.07) is 15.5. The maximum absolute atomic E-state index is 12.4. The molecule has 2 aromatic carbocycles. The molecule has 2 heterocycles. The Bertz CT molecular complexity index is 832. The SMILES string of the molecule is O=C(Nc1ccc(N2CCCC2)cc1)c1ccc(-c2ncc[nH]2)cc1. The summed E-state index contributed by atoms with van der Waals surface area (Å²) in [7, 11) is 0. The molecular weight excluding hydrogens is 312 g/mol. The highest BCUT2D eigenvalue weighted by atomic mass is 16.1. The number of carbonyl (C=O) groups is 1. The van der Waals surface area contributed by atoms with Crippen LogP contribution in [0.15, 0.2) is 60.9 Å². The molecule has 0 unspecified atom stereocenters. The van der Waals surface area contributed by atoms with Crippen LogP contribution in [0.1, 0.15) is 23.2 Å². The molecular formula is C20H20N4O. The molecule has 4 rings (SSSR count). The van der Waals surface area contributed by atoms with Gasteiger partial charge in [0.25, 0.3) is 5.91 Å². The lowest BCUT2D eigenvalue weighted by Crippen LogP contribution is -2.17. The van der Waals surface area contributed by atoms with Crippen molar-refractivity contribution < 1.29 is 4.79 Å². The number of hydrogen-bond acceptors (Lipinski definition) is 3. The van der Waals surface area contributed by atoms with Gasteiger partial charge in [0, 0.05) is 48.0 Å². The van der Waals surface area contributed by atoms with Crippen LogP contribution in [-0.4, -0.2) is 29.0 Å². The van der Waals surface area contributed by atoms with E-state index in [-0.39, 0.29) is 5.91 Å². The molecule has 1 fully saturated rings. The topological polar surface area (TPSA) is 61.0 Å². The number of hydrogen-bond donors (Lipinski definition) is 2. The highest BCUT2D eigenvalue weighted by molar-refractivity contribution is 6.04. The van der Waals surface area contributed by atoms with E-state index >= 15 is 0 Å². The van der Waals surface area contributed by atoms with Crippen molar-refractivity contribution in [2.75, 3.05) is 23.3 Å². The van der Waals surface area contributed by atoms with Crippen LogP contribution in [0.4, 0.5) is 11.4 Å². The number of nitrogens with one attached hydrogen (secondary N) is 2. The smallest absolute Gasteiger partial charge is 0.255 e. The molecule has 1 saturated heterocycles. The second-order valence-corrected chi connectivity index (χ2v) is 6.21. The van der Waals surface area contributed by atoms with Gasteiger partial charge in [-0.2, -0.15) is 0 Å². The van der Waals surface area contributed by atoms with E-state index in [0.29, 0.717) is 5.56 Å². The van der Waals surface area contributed by atoms with E-state index in [0.717, 1.165) is 30.2 Å². The van der Waals surface area contributed by atoms with Crippen molar-refractivity contribution in [1.29, 1.82) is 0 Å². The van der Waals surface area contributed by atoms with Gasteiger partial charge in [-0.05, 0) is 49.2 Å². The number of imidazole rings is 1. The summed E-state index contributed by atoms with van der Waals surface area (Å²) in [5, 5.41) is 2.95. The van der Waals surface area contributed by atoms with Crippen molar-refractivity contribution in [2.24, 2.45) is 0 Å². The fraction of sp³-hybridized carbons (Fsp3) is 0.200. The fourth-order valence-corrected chi connectivity index (χ4v) is 3.14. The molecule has 1 amide bonds. The summed E-state index contributed by atoms with van der Waals surface area (Å²) < 4.78 is 0. The Morgan fingerprint density at radius 2 is 1.72 bits per heavy atom. The number of rotatable bonds is 4. The van der Waals surface area contributed by atoms with Crippen molar-refractivity contribution in [1.82, 2.24) is 9.97 Å². The summed E-state index contributed by atoms with van der Waals surface area (Å²) in [5.74, 6) is 0.685. The van der Waals surface area contributed by atoms with Gasteiger partial charge in [0.1, 0.15) is 5.82 Å². The second kappa shape index (κ2) is 6.81. The van der Waals surface area contributed by atoms with E-state index in [1.165, 1.54) is 18.5 Å². The van der Waals surface area contributed by atoms with E-state index in [1.807, 2.05) is 36.4 Å². The maximum atomic E-state index is 12.4. The molecule has 1 aliphatic heterocycles. The Balaban J connectivity index is 1.42. The number of carbonyl (C=O) groups excluding carboxylic acids is 1. The van der Waals surface area contributed by atoms with Gasteiger partial charge >= 0.3 is 0 Å². The van der Waals surface area contributed by atoms with Gasteiger partial charge in [0.15, 0.2) is 0 Å². The van der Waals surface area contributed by atoms with Gasteiger partial charge in [-0.15, -0.1) is 0 Å². The van der Waals surface area contributed by atoms with Crippen LogP contribution in [0, 0.1) is 0 Å². The van der Waals surface area contributed by atoms with E-state index in [1.54, 1.807) is 12.4 Å². The second-order valence-electron chi connectivity index (χ2n) is 6.21. The standard InChI is InChI=1S/C20H20N4O/c25-20(16-5-3-15(4-6-16)19-21-11-12-22-19)23-17-7-9-18(10-8-17)24-13-1-2-14-24/h3-12H,1-2,13-14H2,(H,21,22)(H,23,25). The predicted molar refractivity (Wildman–Crippen MR) is 99.9 cm³/mol. The minimum atomic E-state index is -0.111. The Hall–Kier alpha value is -3.08. The number of amides is 1. The number of benzene rings is 2. The number of aromatic nitrogens is 2. The van der Waals surface area contributed by atoms with Gasteiger partial charge in [-0.3, -0.25) is 4.79 Å². The maximum Gasteiger partial charge on any atom is 0.255 e. The molecule has 0 radical (unpaired) electrons. The Morgan fingerprint density at radius 1 is 1.00 bits per heavy atom. The minimum Gasteiger partial charge on any atom is -0.372 e. The number of anilines is 2. The van der Waals surface area contributed by atoms with Crippen molar-refractivity contribution in [2.45, 2.75) is 12.8 Å². The molecule has 1 aromatic heterocycles. The summed E-state index contributed by atoms with van der Waals surface area (Å²) >= 11 is 0. The molecule has 5 nitrogen and oxygen atoms in total. The van der Waals surface area contributed by atoms with E-state index in [2.05, 4.69) is 32.3 Å². The lowest BCUT2D eigenvalue weighted by Gasteiger charge is -2.17. The third-order valence-corrected chi connectivity index (χ3v) is 4.52. The van der Waals surface area contributed by atoms with Gasteiger partial charge < -0.3 is 15.2 Å². The summed E-state index contributed by atoms with van der Waals surface area (Å²) in [4.78, 5) is 22.0. The molecule has 0 saturated carbocycles. The fourth-order valence-electron chi connectivity index (χ4n) is 3.14. The monoisotopic (exact) mass is 332 g/mol. The number of H-pyrrole nitrogens is 1. The average Bonchev–Trinajstić information content (AvgIpc) is 3.36. The van der Waals surface area contributed by atoms with Crippen molar-refractivity contribution in [3.8, 4) is 11.4 Å². The van der Waals surface area contributed by atoms with Gasteiger partial charge in [0.2, 0.25) is 0 Å². The number of aromatic amines is 1. The molecule has 0 spiro atoms. The van der Waals surface area contributed by atoms with Crippen LogP contribution in [0.3, 0.4) is 0 Å². The first-order chi connectivity index (χ1) is 12.3. The lowest BCUT2D eigenvalue weighted by molar-refractivity contribution is 0.102. The van der Waals surface area contributed by atoms with E-state index in [9.17, 15) is 4.79 Å². The van der Waals surface area contributed by atoms with Gasteiger partial charge in [-0.25, -0.2) is 4.98 Å². The van der Waals surface area contributed by atoms with E-state index in [4.69, 9.17) is 0 Å². The Labute approximate surface area is 146 Å². The molecule has 126 valence electrons. The molecule has 0 aliphatic carbocycles. The van der Waals surface area contributed by atoms with Crippen LogP contribution in [-0.2, 0) is 0 Å². The molecule has 2 N–H and O–H groups in total. The van der Waals surface area contributed by atoms with E-state index < -0.39 is 0 Å². The summed E-state index contributed by atoms with van der Waals surface area (Å²) in [6.07, 6.45) is 6.00. The molecule has 1 aliphatic rings. The predicted octanol–water partition coefficient (Wildman–Crippen LogP) is 3.93. The third kappa shape index (κ3) is 3.40. The third-order valence-electron chi connectivity index (χ3n) is 4.52. The molecule has 3 aromatic rings. The van der Waals surface area contributed by atoms with Crippen LogP contribution in [0.2, 0.25) is 0 Å². The highest BCUT2D eigenvalue weighted by Crippen LogP contribution is 2.22. The van der Waals surface area contributed by atoms with Gasteiger partial charge in [-0.1, -0.05) is 12.1 Å². The van der Waals surface area contributed by atoms with Gasteiger partial charge in [0.05, 0.1) is 0 Å². The first-order valence-electron chi connectivity index (χ1n) is 8.56. The number of nitrogens with zero attached hydrogens (tertiary/aromatic N) is 2. The molecule has 0 bridgehead atoms. The quantitative estimate of drug-likeness (QED) is 0.761. The zero-order valence-corrected chi connectivity index (χ0v) is 13.9. The zero-order chi connectivity index (χ0) is 17.1. The minimum absolute atomic E-state index is 0.111. The van der Waals surface area contributed by atoms with Crippen molar-refractivity contribution in [3.63, 3.8) is 0 Å². The lowest BCUT2D eigenvalue weighted by atomic mass is 10.1.